The van der Waals surface area contributed by atoms with Crippen molar-refractivity contribution in [1.82, 2.24) is 10.2 Å². The topological polar surface area (TPSA) is 60.7 Å². The van der Waals surface area contributed by atoms with E-state index < -0.39 is 0 Å². The van der Waals surface area contributed by atoms with Crippen molar-refractivity contribution in [2.24, 2.45) is 5.92 Å². The average Bonchev–Trinajstić information content (AvgIpc) is 2.93. The first-order chi connectivity index (χ1) is 9.81. The third-order valence-electron chi connectivity index (χ3n) is 3.76. The van der Waals surface area contributed by atoms with Crippen molar-refractivity contribution in [3.05, 3.63) is 52.8 Å². The van der Waals surface area contributed by atoms with Crippen LogP contribution in [0.25, 0.3) is 11.3 Å². The van der Waals surface area contributed by atoms with Crippen LogP contribution in [-0.4, -0.2) is 16.7 Å². The Labute approximate surface area is 117 Å². The highest BCUT2D eigenvalue weighted by molar-refractivity contribution is 5.62. The highest BCUT2D eigenvalue weighted by Gasteiger charge is 2.09. The van der Waals surface area contributed by atoms with Crippen molar-refractivity contribution in [3.63, 3.8) is 0 Å². The second kappa shape index (κ2) is 5.82. The van der Waals surface area contributed by atoms with Gasteiger partial charge in [-0.2, -0.15) is 0 Å². The summed E-state index contributed by atoms with van der Waals surface area (Å²) in [4.78, 5) is 11.1. The number of benzene rings is 1. The minimum Gasteiger partial charge on any atom is -0.385 e. The van der Waals surface area contributed by atoms with Crippen molar-refractivity contribution in [2.45, 2.75) is 19.3 Å². The summed E-state index contributed by atoms with van der Waals surface area (Å²) in [7, 11) is 0. The molecular formula is C16H19N3O. The van der Waals surface area contributed by atoms with Gasteiger partial charge in [-0.3, -0.25) is 15.0 Å². The maximum absolute atomic E-state index is 11.1. The predicted octanol–water partition coefficient (Wildman–Crippen LogP) is 3.14. The molecule has 0 spiro atoms. The Hall–Kier alpha value is -2.23. The Morgan fingerprint density at radius 3 is 2.65 bits per heavy atom. The zero-order valence-electron chi connectivity index (χ0n) is 11.4. The first-order valence-electron chi connectivity index (χ1n) is 7.08. The van der Waals surface area contributed by atoms with Gasteiger partial charge in [-0.05, 0) is 42.9 Å². The maximum atomic E-state index is 11.1. The molecule has 0 aliphatic heterocycles. The molecule has 3 N–H and O–H groups in total. The lowest BCUT2D eigenvalue weighted by Crippen LogP contribution is -2.15. The van der Waals surface area contributed by atoms with Crippen LogP contribution in [0, 0.1) is 5.92 Å². The fourth-order valence-electron chi connectivity index (χ4n) is 2.56. The maximum Gasteiger partial charge on any atom is 0.264 e. The molecule has 1 aliphatic carbocycles. The summed E-state index contributed by atoms with van der Waals surface area (Å²) in [6.07, 6.45) is 8.19. The number of aromatic amines is 2. The summed E-state index contributed by atoms with van der Waals surface area (Å²) in [6.45, 7) is 1.02. The molecule has 1 aliphatic rings. The summed E-state index contributed by atoms with van der Waals surface area (Å²) in [5, 5.41) is 8.89. The first-order valence-corrected chi connectivity index (χ1v) is 7.08. The molecule has 4 nitrogen and oxygen atoms in total. The number of H-pyrrole nitrogens is 2. The summed E-state index contributed by atoms with van der Waals surface area (Å²) >= 11 is 0. The number of aromatic nitrogens is 2. The van der Waals surface area contributed by atoms with Crippen LogP contribution in [0.5, 0.6) is 0 Å². The van der Waals surface area contributed by atoms with Crippen molar-refractivity contribution in [1.29, 1.82) is 0 Å². The Kier molecular flexibility index (Phi) is 3.72. The number of nitrogens with one attached hydrogen (secondary N) is 3. The minimum absolute atomic E-state index is 0.104. The van der Waals surface area contributed by atoms with Crippen LogP contribution in [0.2, 0.25) is 0 Å². The molecule has 1 aromatic carbocycles. The van der Waals surface area contributed by atoms with E-state index in [0.29, 0.717) is 0 Å². The van der Waals surface area contributed by atoms with Crippen LogP contribution < -0.4 is 10.9 Å². The lowest BCUT2D eigenvalue weighted by atomic mass is 9.94. The van der Waals surface area contributed by atoms with E-state index in [0.717, 1.165) is 29.4 Å². The van der Waals surface area contributed by atoms with Gasteiger partial charge in [-0.15, -0.1) is 0 Å². The monoisotopic (exact) mass is 269 g/mol. The first kappa shape index (κ1) is 12.8. The van der Waals surface area contributed by atoms with Gasteiger partial charge in [0.1, 0.15) is 0 Å². The van der Waals surface area contributed by atoms with Gasteiger partial charge < -0.3 is 5.32 Å². The van der Waals surface area contributed by atoms with Crippen LogP contribution in [0.15, 0.2) is 47.3 Å². The minimum atomic E-state index is -0.104. The van der Waals surface area contributed by atoms with Crippen LogP contribution in [0.3, 0.4) is 0 Å². The molecule has 0 saturated heterocycles. The highest BCUT2D eigenvalue weighted by Crippen LogP contribution is 2.21. The Bertz CT molecular complexity index is 636. The van der Waals surface area contributed by atoms with E-state index in [-0.39, 0.29) is 5.56 Å². The fraction of sp³-hybridized carbons (Fsp3) is 0.312. The zero-order chi connectivity index (χ0) is 13.8. The number of rotatable bonds is 4. The molecule has 0 saturated carbocycles. The second-order valence-electron chi connectivity index (χ2n) is 5.28. The van der Waals surface area contributed by atoms with Gasteiger partial charge in [-0.1, -0.05) is 24.3 Å². The van der Waals surface area contributed by atoms with Crippen molar-refractivity contribution in [3.8, 4) is 11.3 Å². The lowest BCUT2D eigenvalue weighted by Gasteiger charge is -2.18. The molecule has 1 unspecified atom stereocenters. The molecule has 0 radical (unpaired) electrons. The normalized spacial score (nSPS) is 18.1. The molecule has 20 heavy (non-hydrogen) atoms. The van der Waals surface area contributed by atoms with E-state index in [9.17, 15) is 4.79 Å². The molecule has 0 amide bonds. The van der Waals surface area contributed by atoms with Crippen molar-refractivity contribution >= 4 is 5.69 Å². The standard InChI is InChI=1S/C16H19N3O/c20-16-10-15(18-19-16)13-6-8-14(9-7-13)17-11-12-4-2-1-3-5-12/h1-2,6-10,12,17H,3-5,11H2,(H2,18,19,20). The van der Waals surface area contributed by atoms with E-state index in [1.807, 2.05) is 12.1 Å². The Morgan fingerprint density at radius 2 is 2.00 bits per heavy atom. The van der Waals surface area contributed by atoms with Gasteiger partial charge in [-0.25, -0.2) is 0 Å². The molecule has 1 heterocycles. The van der Waals surface area contributed by atoms with Crippen molar-refractivity contribution in [2.75, 3.05) is 11.9 Å². The molecule has 1 aromatic heterocycles. The highest BCUT2D eigenvalue weighted by atomic mass is 16.1. The SMILES string of the molecule is O=c1cc(-c2ccc(NCC3CC=CCC3)cc2)[nH][nH]1. The largest absolute Gasteiger partial charge is 0.385 e. The summed E-state index contributed by atoms with van der Waals surface area (Å²) in [5.41, 5.74) is 2.85. The number of hydrogen-bond donors (Lipinski definition) is 3. The molecular weight excluding hydrogens is 250 g/mol. The van der Waals surface area contributed by atoms with Crippen LogP contribution in [0.1, 0.15) is 19.3 Å². The summed E-state index contributed by atoms with van der Waals surface area (Å²) in [5.74, 6) is 0.737. The van der Waals surface area contributed by atoms with Gasteiger partial charge >= 0.3 is 0 Å². The zero-order valence-corrected chi connectivity index (χ0v) is 11.4. The van der Waals surface area contributed by atoms with Gasteiger partial charge in [0.05, 0.1) is 5.69 Å². The third kappa shape index (κ3) is 3.02. The molecule has 1 atom stereocenters. The predicted molar refractivity (Wildman–Crippen MR) is 81.8 cm³/mol. The molecule has 4 heteroatoms. The fourth-order valence-corrected chi connectivity index (χ4v) is 2.56. The quantitative estimate of drug-likeness (QED) is 0.747. The van der Waals surface area contributed by atoms with Crippen molar-refractivity contribution < 1.29 is 0 Å². The van der Waals surface area contributed by atoms with E-state index in [1.54, 1.807) is 6.07 Å². The van der Waals surface area contributed by atoms with Gasteiger partial charge in [0.2, 0.25) is 0 Å². The summed E-state index contributed by atoms with van der Waals surface area (Å²) in [6, 6.07) is 9.71. The number of allylic oxidation sites excluding steroid dienone is 2. The smallest absolute Gasteiger partial charge is 0.264 e. The number of anilines is 1. The third-order valence-corrected chi connectivity index (χ3v) is 3.76. The Morgan fingerprint density at radius 1 is 1.15 bits per heavy atom. The molecule has 0 bridgehead atoms. The van der Waals surface area contributed by atoms with E-state index in [1.165, 1.54) is 19.3 Å². The van der Waals surface area contributed by atoms with Gasteiger partial charge in [0, 0.05) is 18.3 Å². The van der Waals surface area contributed by atoms with Gasteiger partial charge in [0.25, 0.3) is 5.56 Å². The van der Waals surface area contributed by atoms with Gasteiger partial charge in [0.15, 0.2) is 0 Å². The second-order valence-corrected chi connectivity index (χ2v) is 5.28. The summed E-state index contributed by atoms with van der Waals surface area (Å²) < 4.78 is 0. The van der Waals surface area contributed by atoms with Crippen LogP contribution >= 0.6 is 0 Å². The van der Waals surface area contributed by atoms with E-state index in [4.69, 9.17) is 0 Å². The van der Waals surface area contributed by atoms with Crippen LogP contribution in [-0.2, 0) is 0 Å². The van der Waals surface area contributed by atoms with Crippen LogP contribution in [0.4, 0.5) is 5.69 Å². The molecule has 2 aromatic rings. The molecule has 3 rings (SSSR count). The van der Waals surface area contributed by atoms with E-state index in [2.05, 4.69) is 39.8 Å². The number of hydrogen-bond acceptors (Lipinski definition) is 2. The Balaban J connectivity index is 1.61. The lowest BCUT2D eigenvalue weighted by molar-refractivity contribution is 0.504. The molecule has 0 fully saturated rings. The molecule has 104 valence electrons. The average molecular weight is 269 g/mol. The van der Waals surface area contributed by atoms with E-state index >= 15 is 0 Å².